The molecule has 142 valence electrons. The van der Waals surface area contributed by atoms with Crippen molar-refractivity contribution in [3.63, 3.8) is 0 Å². The highest BCUT2D eigenvalue weighted by Gasteiger charge is 2.09. The number of hydrogen-bond donors (Lipinski definition) is 2. The summed E-state index contributed by atoms with van der Waals surface area (Å²) in [5, 5.41) is 6.67. The molecule has 2 N–H and O–H groups in total. The SMILES string of the molecule is CN=C(NCCN1CCCCCC1)Nc1ccc(OC)c(OC)c1.I. The fraction of sp³-hybridized carbons (Fsp3) is 0.611. The van der Waals surface area contributed by atoms with Gasteiger partial charge in [0, 0.05) is 31.9 Å². The second kappa shape index (κ2) is 12.2. The van der Waals surface area contributed by atoms with Gasteiger partial charge in [-0.3, -0.25) is 4.99 Å². The van der Waals surface area contributed by atoms with Gasteiger partial charge in [-0.25, -0.2) is 0 Å². The highest BCUT2D eigenvalue weighted by molar-refractivity contribution is 14.0. The molecule has 1 fully saturated rings. The van der Waals surface area contributed by atoms with Crippen molar-refractivity contribution in [3.05, 3.63) is 18.2 Å². The van der Waals surface area contributed by atoms with E-state index in [-0.39, 0.29) is 24.0 Å². The van der Waals surface area contributed by atoms with Crippen LogP contribution in [0.25, 0.3) is 0 Å². The van der Waals surface area contributed by atoms with Gasteiger partial charge < -0.3 is 25.0 Å². The number of aliphatic imine (C=N–C) groups is 1. The Balaban J connectivity index is 0.00000312. The van der Waals surface area contributed by atoms with Crippen LogP contribution in [0.2, 0.25) is 0 Å². The number of nitrogens with zero attached hydrogens (tertiary/aromatic N) is 2. The van der Waals surface area contributed by atoms with Crippen molar-refractivity contribution in [1.82, 2.24) is 10.2 Å². The summed E-state index contributed by atoms with van der Waals surface area (Å²) in [5.74, 6) is 2.17. The molecule has 1 saturated heterocycles. The summed E-state index contributed by atoms with van der Waals surface area (Å²) in [5.41, 5.74) is 0.913. The zero-order valence-corrected chi connectivity index (χ0v) is 17.8. The molecule has 0 amide bonds. The number of ether oxygens (including phenoxy) is 2. The fourth-order valence-electron chi connectivity index (χ4n) is 2.92. The van der Waals surface area contributed by atoms with Gasteiger partial charge in [-0.1, -0.05) is 12.8 Å². The number of benzene rings is 1. The Morgan fingerprint density at radius 2 is 1.76 bits per heavy atom. The summed E-state index contributed by atoms with van der Waals surface area (Å²) in [6.45, 7) is 4.35. The highest BCUT2D eigenvalue weighted by Crippen LogP contribution is 2.29. The molecule has 1 heterocycles. The van der Waals surface area contributed by atoms with Crippen LogP contribution in [0.4, 0.5) is 5.69 Å². The standard InChI is InChI=1S/C18H30N4O2.HI/c1-19-18(20-10-13-22-11-6-4-5-7-12-22)21-15-8-9-16(23-2)17(14-15)24-3;/h8-9,14H,4-7,10-13H2,1-3H3,(H2,19,20,21);1H. The van der Waals surface area contributed by atoms with E-state index in [0.717, 1.165) is 24.7 Å². The van der Waals surface area contributed by atoms with Crippen molar-refractivity contribution in [3.8, 4) is 11.5 Å². The molecule has 1 aromatic rings. The Labute approximate surface area is 168 Å². The van der Waals surface area contributed by atoms with Crippen molar-refractivity contribution in [1.29, 1.82) is 0 Å². The van der Waals surface area contributed by atoms with Crippen LogP contribution >= 0.6 is 24.0 Å². The van der Waals surface area contributed by atoms with Gasteiger partial charge in [0.05, 0.1) is 14.2 Å². The van der Waals surface area contributed by atoms with Crippen LogP contribution in [0.5, 0.6) is 11.5 Å². The summed E-state index contributed by atoms with van der Waals surface area (Å²) in [6.07, 6.45) is 5.37. The van der Waals surface area contributed by atoms with Crippen LogP contribution < -0.4 is 20.1 Å². The molecule has 0 aromatic heterocycles. The molecule has 0 radical (unpaired) electrons. The van der Waals surface area contributed by atoms with Crippen molar-refractivity contribution in [2.45, 2.75) is 25.7 Å². The number of halogens is 1. The first-order chi connectivity index (χ1) is 11.8. The molecule has 1 aliphatic rings. The molecule has 25 heavy (non-hydrogen) atoms. The highest BCUT2D eigenvalue weighted by atomic mass is 127. The summed E-state index contributed by atoms with van der Waals surface area (Å²) in [6, 6.07) is 5.73. The van der Waals surface area contributed by atoms with Gasteiger partial charge in [-0.15, -0.1) is 24.0 Å². The minimum atomic E-state index is 0. The number of anilines is 1. The molecule has 1 aromatic carbocycles. The third kappa shape index (κ3) is 7.27. The Kier molecular flexibility index (Phi) is 10.6. The van der Waals surface area contributed by atoms with Crippen molar-refractivity contribution < 1.29 is 9.47 Å². The minimum absolute atomic E-state index is 0. The monoisotopic (exact) mass is 462 g/mol. The topological polar surface area (TPSA) is 58.1 Å². The number of likely N-dealkylation sites (tertiary alicyclic amines) is 1. The van der Waals surface area contributed by atoms with E-state index in [1.54, 1.807) is 21.3 Å². The van der Waals surface area contributed by atoms with Crippen LogP contribution in [0.1, 0.15) is 25.7 Å². The molecule has 0 atom stereocenters. The zero-order valence-electron chi connectivity index (χ0n) is 15.5. The number of guanidine groups is 1. The van der Waals surface area contributed by atoms with Gasteiger partial charge in [0.15, 0.2) is 17.5 Å². The number of methoxy groups -OCH3 is 2. The van der Waals surface area contributed by atoms with Crippen LogP contribution in [0.15, 0.2) is 23.2 Å². The lowest BCUT2D eigenvalue weighted by atomic mass is 10.2. The van der Waals surface area contributed by atoms with E-state index >= 15 is 0 Å². The Hall–Kier alpha value is -1.22. The van der Waals surface area contributed by atoms with Crippen LogP contribution in [0, 0.1) is 0 Å². The van der Waals surface area contributed by atoms with Gasteiger partial charge in [-0.05, 0) is 38.1 Å². The van der Waals surface area contributed by atoms with E-state index in [1.807, 2.05) is 18.2 Å². The fourth-order valence-corrected chi connectivity index (χ4v) is 2.92. The lowest BCUT2D eigenvalue weighted by Gasteiger charge is -2.20. The van der Waals surface area contributed by atoms with Crippen LogP contribution in [-0.4, -0.2) is 58.3 Å². The summed E-state index contributed by atoms with van der Waals surface area (Å²) in [7, 11) is 5.05. The van der Waals surface area contributed by atoms with Gasteiger partial charge >= 0.3 is 0 Å². The van der Waals surface area contributed by atoms with Crippen LogP contribution in [0.3, 0.4) is 0 Å². The van der Waals surface area contributed by atoms with Crippen molar-refractivity contribution in [2.75, 3.05) is 52.8 Å². The van der Waals surface area contributed by atoms with E-state index in [9.17, 15) is 0 Å². The van der Waals surface area contributed by atoms with E-state index in [4.69, 9.17) is 9.47 Å². The van der Waals surface area contributed by atoms with E-state index < -0.39 is 0 Å². The predicted octanol–water partition coefficient (Wildman–Crippen LogP) is 3.19. The molecular formula is C18H31IN4O2. The molecule has 0 unspecified atom stereocenters. The van der Waals surface area contributed by atoms with E-state index in [1.165, 1.54) is 38.8 Å². The quantitative estimate of drug-likeness (QED) is 0.387. The molecule has 2 rings (SSSR count). The molecule has 1 aliphatic heterocycles. The number of rotatable bonds is 6. The summed E-state index contributed by atoms with van der Waals surface area (Å²) >= 11 is 0. The third-order valence-corrected chi connectivity index (χ3v) is 4.29. The molecule has 0 aliphatic carbocycles. The lowest BCUT2D eigenvalue weighted by Crippen LogP contribution is -2.38. The smallest absolute Gasteiger partial charge is 0.195 e. The molecule has 7 heteroatoms. The zero-order chi connectivity index (χ0) is 17.2. The van der Waals surface area contributed by atoms with Gasteiger partial charge in [0.1, 0.15) is 0 Å². The van der Waals surface area contributed by atoms with Gasteiger partial charge in [0.2, 0.25) is 0 Å². The second-order valence-corrected chi connectivity index (χ2v) is 5.95. The molecule has 0 spiro atoms. The maximum absolute atomic E-state index is 5.33. The Morgan fingerprint density at radius 3 is 2.36 bits per heavy atom. The Bertz CT molecular complexity index is 532. The average molecular weight is 462 g/mol. The molecular weight excluding hydrogens is 431 g/mol. The number of nitrogens with one attached hydrogen (secondary N) is 2. The first-order valence-electron chi connectivity index (χ1n) is 8.69. The average Bonchev–Trinajstić information content (AvgIpc) is 2.89. The van der Waals surface area contributed by atoms with Crippen LogP contribution in [-0.2, 0) is 0 Å². The van der Waals surface area contributed by atoms with Gasteiger partial charge in [0.25, 0.3) is 0 Å². The third-order valence-electron chi connectivity index (χ3n) is 4.29. The van der Waals surface area contributed by atoms with Crippen molar-refractivity contribution >= 4 is 35.6 Å². The van der Waals surface area contributed by atoms with Gasteiger partial charge in [-0.2, -0.15) is 0 Å². The predicted molar refractivity (Wildman–Crippen MR) is 115 cm³/mol. The normalized spacial score (nSPS) is 15.7. The summed E-state index contributed by atoms with van der Waals surface area (Å²) in [4.78, 5) is 6.82. The van der Waals surface area contributed by atoms with Crippen molar-refractivity contribution in [2.24, 2.45) is 4.99 Å². The number of hydrogen-bond acceptors (Lipinski definition) is 4. The first kappa shape index (κ1) is 21.8. The first-order valence-corrected chi connectivity index (χ1v) is 8.69. The van der Waals surface area contributed by atoms with E-state index in [2.05, 4.69) is 20.5 Å². The molecule has 0 bridgehead atoms. The maximum atomic E-state index is 5.33. The lowest BCUT2D eigenvalue weighted by molar-refractivity contribution is 0.289. The molecule has 0 saturated carbocycles. The van der Waals surface area contributed by atoms with E-state index in [0.29, 0.717) is 11.5 Å². The molecule has 6 nitrogen and oxygen atoms in total. The Morgan fingerprint density at radius 1 is 1.08 bits per heavy atom. The minimum Gasteiger partial charge on any atom is -0.493 e. The largest absolute Gasteiger partial charge is 0.493 e. The maximum Gasteiger partial charge on any atom is 0.195 e. The summed E-state index contributed by atoms with van der Waals surface area (Å²) < 4.78 is 10.6. The second-order valence-electron chi connectivity index (χ2n) is 5.95.